The standard InChI is InChI=1S/C18H18N4O3S/c23-16(14-7-4-12-26-14)19-15(13-5-2-1-3-6-13)17-20-21-18(25-17)22-8-10-24-11-9-22/h1-7,12,15H,8-11H2,(H,19,23)/t15-/m1/s1. The van der Waals surface area contributed by atoms with Crippen LogP contribution >= 0.6 is 11.3 Å². The van der Waals surface area contributed by atoms with Crippen molar-refractivity contribution in [3.05, 3.63) is 64.2 Å². The molecule has 0 bridgehead atoms. The average molecular weight is 370 g/mol. The van der Waals surface area contributed by atoms with Gasteiger partial charge in [-0.05, 0) is 17.0 Å². The summed E-state index contributed by atoms with van der Waals surface area (Å²) in [5, 5.41) is 13.2. The Morgan fingerprint density at radius 1 is 1.12 bits per heavy atom. The number of benzene rings is 1. The minimum Gasteiger partial charge on any atom is -0.405 e. The van der Waals surface area contributed by atoms with E-state index in [-0.39, 0.29) is 5.91 Å². The van der Waals surface area contributed by atoms with Crippen molar-refractivity contribution in [3.8, 4) is 0 Å². The van der Waals surface area contributed by atoms with Gasteiger partial charge in [0.2, 0.25) is 5.89 Å². The number of carbonyl (C=O) groups excluding carboxylic acids is 1. The van der Waals surface area contributed by atoms with E-state index < -0.39 is 6.04 Å². The van der Waals surface area contributed by atoms with Crippen molar-refractivity contribution in [1.29, 1.82) is 0 Å². The van der Waals surface area contributed by atoms with Crippen LogP contribution in [0, 0.1) is 0 Å². The van der Waals surface area contributed by atoms with Crippen LogP contribution in [0.15, 0.2) is 52.3 Å². The number of nitrogens with one attached hydrogen (secondary N) is 1. The average Bonchev–Trinajstić information content (AvgIpc) is 3.39. The van der Waals surface area contributed by atoms with Crippen molar-refractivity contribution < 1.29 is 13.9 Å². The molecule has 1 saturated heterocycles. The summed E-state index contributed by atoms with van der Waals surface area (Å²) >= 11 is 1.39. The van der Waals surface area contributed by atoms with E-state index in [1.807, 2.05) is 46.7 Å². The lowest BCUT2D eigenvalue weighted by Gasteiger charge is -2.24. The molecule has 1 fully saturated rings. The van der Waals surface area contributed by atoms with E-state index >= 15 is 0 Å². The predicted octanol–water partition coefficient (Wildman–Crippen LogP) is 2.49. The van der Waals surface area contributed by atoms with Gasteiger partial charge in [0.05, 0.1) is 18.1 Å². The van der Waals surface area contributed by atoms with E-state index in [9.17, 15) is 4.79 Å². The summed E-state index contributed by atoms with van der Waals surface area (Å²) in [5.41, 5.74) is 0.884. The molecule has 8 heteroatoms. The number of anilines is 1. The zero-order valence-corrected chi connectivity index (χ0v) is 14.8. The number of aromatic nitrogens is 2. The lowest BCUT2D eigenvalue weighted by atomic mass is 10.1. The zero-order chi connectivity index (χ0) is 17.8. The molecule has 0 spiro atoms. The highest BCUT2D eigenvalue weighted by molar-refractivity contribution is 7.12. The highest BCUT2D eigenvalue weighted by Crippen LogP contribution is 2.25. The smallest absolute Gasteiger partial charge is 0.318 e. The Morgan fingerprint density at radius 2 is 1.92 bits per heavy atom. The minimum absolute atomic E-state index is 0.167. The Balaban J connectivity index is 1.60. The van der Waals surface area contributed by atoms with Crippen LogP contribution in [0.5, 0.6) is 0 Å². The van der Waals surface area contributed by atoms with Crippen LogP contribution in [0.3, 0.4) is 0 Å². The lowest BCUT2D eigenvalue weighted by molar-refractivity contribution is 0.0942. The Hall–Kier alpha value is -2.71. The van der Waals surface area contributed by atoms with Crippen LogP contribution in [0.2, 0.25) is 0 Å². The van der Waals surface area contributed by atoms with Gasteiger partial charge in [-0.3, -0.25) is 4.79 Å². The molecule has 1 atom stereocenters. The van der Waals surface area contributed by atoms with Crippen LogP contribution in [-0.4, -0.2) is 42.4 Å². The number of hydrogen-bond acceptors (Lipinski definition) is 7. The van der Waals surface area contributed by atoms with Crippen LogP contribution < -0.4 is 10.2 Å². The summed E-state index contributed by atoms with van der Waals surface area (Å²) in [5.74, 6) is 0.197. The van der Waals surface area contributed by atoms with Gasteiger partial charge >= 0.3 is 6.01 Å². The van der Waals surface area contributed by atoms with Crippen LogP contribution in [0.25, 0.3) is 0 Å². The second-order valence-corrected chi connectivity index (χ2v) is 6.76. The van der Waals surface area contributed by atoms with Gasteiger partial charge in [0, 0.05) is 13.1 Å². The first-order valence-electron chi connectivity index (χ1n) is 8.36. The molecule has 1 aliphatic heterocycles. The number of morpholine rings is 1. The highest BCUT2D eigenvalue weighted by atomic mass is 32.1. The van der Waals surface area contributed by atoms with Gasteiger partial charge in [-0.1, -0.05) is 41.5 Å². The molecule has 0 aliphatic carbocycles. The molecule has 2 aromatic heterocycles. The quantitative estimate of drug-likeness (QED) is 0.743. The van der Waals surface area contributed by atoms with Crippen LogP contribution in [0.4, 0.5) is 6.01 Å². The summed E-state index contributed by atoms with van der Waals surface area (Å²) in [6.07, 6.45) is 0. The molecule has 1 N–H and O–H groups in total. The van der Waals surface area contributed by atoms with Crippen LogP contribution in [-0.2, 0) is 4.74 Å². The molecule has 134 valence electrons. The molecule has 3 aromatic rings. The van der Waals surface area contributed by atoms with Crippen molar-refractivity contribution in [2.75, 3.05) is 31.2 Å². The van der Waals surface area contributed by atoms with E-state index in [0.717, 1.165) is 5.56 Å². The largest absolute Gasteiger partial charge is 0.405 e. The molecule has 26 heavy (non-hydrogen) atoms. The Morgan fingerprint density at radius 3 is 2.65 bits per heavy atom. The van der Waals surface area contributed by atoms with Gasteiger partial charge in [0.25, 0.3) is 5.91 Å². The SMILES string of the molecule is O=C(N[C@H](c1ccccc1)c1nnc(N2CCOCC2)o1)c1cccs1. The van der Waals surface area contributed by atoms with Gasteiger partial charge in [-0.2, -0.15) is 0 Å². The molecule has 1 amide bonds. The third-order valence-electron chi connectivity index (χ3n) is 4.11. The maximum Gasteiger partial charge on any atom is 0.318 e. The molecular formula is C18H18N4O3S. The van der Waals surface area contributed by atoms with Crippen molar-refractivity contribution >= 4 is 23.3 Å². The number of amides is 1. The van der Waals surface area contributed by atoms with E-state index in [2.05, 4.69) is 15.5 Å². The molecule has 0 saturated carbocycles. The van der Waals surface area contributed by atoms with E-state index in [1.54, 1.807) is 6.07 Å². The van der Waals surface area contributed by atoms with Gasteiger partial charge in [0.1, 0.15) is 6.04 Å². The van der Waals surface area contributed by atoms with Crippen molar-refractivity contribution in [3.63, 3.8) is 0 Å². The first-order valence-corrected chi connectivity index (χ1v) is 9.24. The number of hydrogen-bond donors (Lipinski definition) is 1. The number of nitrogens with zero attached hydrogens (tertiary/aromatic N) is 3. The summed E-state index contributed by atoms with van der Waals surface area (Å²) in [6, 6.07) is 13.2. The third kappa shape index (κ3) is 3.61. The third-order valence-corrected chi connectivity index (χ3v) is 4.98. The van der Waals surface area contributed by atoms with Crippen LogP contribution in [0.1, 0.15) is 27.2 Å². The number of carbonyl (C=O) groups is 1. The Bertz CT molecular complexity index is 844. The highest BCUT2D eigenvalue weighted by Gasteiger charge is 2.25. The van der Waals surface area contributed by atoms with Gasteiger partial charge in [0.15, 0.2) is 0 Å². The minimum atomic E-state index is -0.506. The number of ether oxygens (including phenoxy) is 1. The molecule has 0 radical (unpaired) electrons. The first-order chi connectivity index (χ1) is 12.8. The van der Waals surface area contributed by atoms with Gasteiger partial charge in [-0.25, -0.2) is 0 Å². The van der Waals surface area contributed by atoms with Crippen molar-refractivity contribution in [2.45, 2.75) is 6.04 Å². The number of rotatable bonds is 5. The summed E-state index contributed by atoms with van der Waals surface area (Å²) in [4.78, 5) is 15.2. The second kappa shape index (κ2) is 7.67. The lowest BCUT2D eigenvalue weighted by Crippen LogP contribution is -2.36. The normalized spacial score (nSPS) is 15.6. The summed E-state index contributed by atoms with van der Waals surface area (Å²) in [7, 11) is 0. The summed E-state index contributed by atoms with van der Waals surface area (Å²) in [6.45, 7) is 2.68. The fourth-order valence-corrected chi connectivity index (χ4v) is 3.40. The Labute approximate surface area is 154 Å². The molecule has 1 aliphatic rings. The molecule has 4 rings (SSSR count). The maximum absolute atomic E-state index is 12.6. The van der Waals surface area contributed by atoms with E-state index in [4.69, 9.17) is 9.15 Å². The maximum atomic E-state index is 12.6. The van der Waals surface area contributed by atoms with E-state index in [1.165, 1.54) is 11.3 Å². The second-order valence-electron chi connectivity index (χ2n) is 5.82. The topological polar surface area (TPSA) is 80.5 Å². The summed E-state index contributed by atoms with van der Waals surface area (Å²) < 4.78 is 11.2. The fourth-order valence-electron chi connectivity index (χ4n) is 2.77. The molecule has 3 heterocycles. The van der Waals surface area contributed by atoms with Crippen molar-refractivity contribution in [2.24, 2.45) is 0 Å². The van der Waals surface area contributed by atoms with Crippen molar-refractivity contribution in [1.82, 2.24) is 15.5 Å². The predicted molar refractivity (Wildman–Crippen MR) is 97.4 cm³/mol. The monoisotopic (exact) mass is 370 g/mol. The first kappa shape index (κ1) is 16.7. The molecule has 7 nitrogen and oxygen atoms in total. The zero-order valence-electron chi connectivity index (χ0n) is 14.0. The Kier molecular flexibility index (Phi) is 4.94. The fraction of sp³-hybridized carbons (Fsp3) is 0.278. The number of thiophene rings is 1. The molecule has 1 aromatic carbocycles. The van der Waals surface area contributed by atoms with E-state index in [0.29, 0.717) is 43.1 Å². The van der Waals surface area contributed by atoms with Gasteiger partial charge < -0.3 is 19.4 Å². The molecular weight excluding hydrogens is 352 g/mol. The van der Waals surface area contributed by atoms with Gasteiger partial charge in [-0.15, -0.1) is 16.4 Å². The molecule has 0 unspecified atom stereocenters.